The first-order valence-corrected chi connectivity index (χ1v) is 7.53. The van der Waals surface area contributed by atoms with Crippen LogP contribution in [0.15, 0.2) is 0 Å². The molecule has 112 valence electrons. The fourth-order valence-corrected chi connectivity index (χ4v) is 2.37. The molecule has 1 fully saturated rings. The number of piperazine rings is 1. The van der Waals surface area contributed by atoms with E-state index < -0.39 is 0 Å². The van der Waals surface area contributed by atoms with Crippen molar-refractivity contribution in [2.75, 3.05) is 53.4 Å². The number of hydrogen-bond acceptors (Lipinski definition) is 3. The Balaban J connectivity index is 2.23. The van der Waals surface area contributed by atoms with E-state index in [0.29, 0.717) is 0 Å². The Bertz CT molecular complexity index is 283. The molecule has 0 bridgehead atoms. The van der Waals surface area contributed by atoms with Crippen molar-refractivity contribution in [2.45, 2.75) is 33.6 Å². The summed E-state index contributed by atoms with van der Waals surface area (Å²) in [5.41, 5.74) is -0.220. The van der Waals surface area contributed by atoms with E-state index in [9.17, 15) is 4.79 Å². The molecule has 0 radical (unpaired) electrons. The van der Waals surface area contributed by atoms with Crippen molar-refractivity contribution in [3.05, 3.63) is 0 Å². The van der Waals surface area contributed by atoms with E-state index in [1.165, 1.54) is 0 Å². The number of amides is 1. The largest absolute Gasteiger partial charge is 0.345 e. The summed E-state index contributed by atoms with van der Waals surface area (Å²) in [6, 6.07) is 0. The van der Waals surface area contributed by atoms with Crippen molar-refractivity contribution < 1.29 is 4.79 Å². The van der Waals surface area contributed by atoms with Gasteiger partial charge in [-0.05, 0) is 26.4 Å². The second kappa shape index (κ2) is 7.25. The van der Waals surface area contributed by atoms with Crippen LogP contribution in [0.3, 0.4) is 0 Å². The minimum atomic E-state index is -0.220. The lowest BCUT2D eigenvalue weighted by Gasteiger charge is -2.33. The van der Waals surface area contributed by atoms with Crippen LogP contribution in [-0.2, 0) is 4.79 Å². The summed E-state index contributed by atoms with van der Waals surface area (Å²) in [6.45, 7) is 12.8. The molecule has 0 aromatic carbocycles. The zero-order valence-electron chi connectivity index (χ0n) is 13.4. The third-order valence-corrected chi connectivity index (χ3v) is 4.37. The van der Waals surface area contributed by atoms with Gasteiger partial charge in [0.25, 0.3) is 0 Å². The quantitative estimate of drug-likeness (QED) is 0.731. The molecular formula is C15H31N3O. The maximum absolute atomic E-state index is 12.2. The van der Waals surface area contributed by atoms with E-state index in [1.807, 2.05) is 25.8 Å². The molecule has 19 heavy (non-hydrogen) atoms. The molecule has 0 N–H and O–H groups in total. The van der Waals surface area contributed by atoms with Gasteiger partial charge in [-0.2, -0.15) is 0 Å². The van der Waals surface area contributed by atoms with Crippen molar-refractivity contribution >= 4 is 5.91 Å². The average molecular weight is 269 g/mol. The van der Waals surface area contributed by atoms with Crippen molar-refractivity contribution in [2.24, 2.45) is 5.41 Å². The summed E-state index contributed by atoms with van der Waals surface area (Å²) >= 11 is 0. The van der Waals surface area contributed by atoms with Gasteiger partial charge in [0.2, 0.25) is 5.91 Å². The average Bonchev–Trinajstić information content (AvgIpc) is 2.40. The number of carbonyl (C=O) groups is 1. The predicted octanol–water partition coefficient (Wildman–Crippen LogP) is 1.52. The molecule has 0 aromatic rings. The van der Waals surface area contributed by atoms with E-state index in [4.69, 9.17) is 0 Å². The van der Waals surface area contributed by atoms with Crippen LogP contribution >= 0.6 is 0 Å². The van der Waals surface area contributed by atoms with E-state index in [0.717, 1.165) is 52.1 Å². The van der Waals surface area contributed by atoms with E-state index in [2.05, 4.69) is 23.8 Å². The first kappa shape index (κ1) is 16.4. The van der Waals surface area contributed by atoms with E-state index in [-0.39, 0.29) is 11.3 Å². The van der Waals surface area contributed by atoms with Crippen LogP contribution in [0, 0.1) is 5.41 Å². The van der Waals surface area contributed by atoms with Crippen molar-refractivity contribution in [3.63, 3.8) is 0 Å². The fourth-order valence-electron chi connectivity index (χ4n) is 2.37. The highest BCUT2D eigenvalue weighted by atomic mass is 16.2. The number of hydrogen-bond donors (Lipinski definition) is 0. The molecule has 1 heterocycles. The molecular weight excluding hydrogens is 238 g/mol. The van der Waals surface area contributed by atoms with Crippen molar-refractivity contribution in [3.8, 4) is 0 Å². The van der Waals surface area contributed by atoms with Crippen LogP contribution in [0.1, 0.15) is 33.6 Å². The first-order chi connectivity index (χ1) is 8.86. The second-order valence-corrected chi connectivity index (χ2v) is 6.46. The monoisotopic (exact) mass is 269 g/mol. The Morgan fingerprint density at radius 3 is 2.32 bits per heavy atom. The Hall–Kier alpha value is -0.610. The molecule has 0 saturated carbocycles. The highest BCUT2D eigenvalue weighted by Crippen LogP contribution is 2.22. The normalized spacial score (nSPS) is 18.6. The number of likely N-dealkylation sites (N-methyl/N-ethyl adjacent to an activating group) is 1. The molecule has 0 aliphatic carbocycles. The maximum atomic E-state index is 12.2. The molecule has 1 saturated heterocycles. The SMILES string of the molecule is CCC(C)(C)C(=O)N(C)CCCN1CCN(C)CC1. The summed E-state index contributed by atoms with van der Waals surface area (Å²) in [5.74, 6) is 0.272. The van der Waals surface area contributed by atoms with Gasteiger partial charge in [0.1, 0.15) is 0 Å². The summed E-state index contributed by atoms with van der Waals surface area (Å²) < 4.78 is 0. The Kier molecular flexibility index (Phi) is 6.27. The van der Waals surface area contributed by atoms with Gasteiger partial charge >= 0.3 is 0 Å². The van der Waals surface area contributed by atoms with Crippen LogP contribution in [0.25, 0.3) is 0 Å². The van der Waals surface area contributed by atoms with Crippen molar-refractivity contribution in [1.82, 2.24) is 14.7 Å². The topological polar surface area (TPSA) is 26.8 Å². The standard InChI is InChI=1S/C15H31N3O/c1-6-15(2,3)14(19)17(5)8-7-9-18-12-10-16(4)11-13-18/h6-13H2,1-5H3. The third-order valence-electron chi connectivity index (χ3n) is 4.37. The Labute approximate surface area is 118 Å². The predicted molar refractivity (Wildman–Crippen MR) is 80.3 cm³/mol. The van der Waals surface area contributed by atoms with E-state index >= 15 is 0 Å². The summed E-state index contributed by atoms with van der Waals surface area (Å²) in [6.07, 6.45) is 1.97. The molecule has 0 spiro atoms. The summed E-state index contributed by atoms with van der Waals surface area (Å²) in [5, 5.41) is 0. The lowest BCUT2D eigenvalue weighted by atomic mass is 9.88. The number of carbonyl (C=O) groups excluding carboxylic acids is 1. The number of nitrogens with zero attached hydrogens (tertiary/aromatic N) is 3. The van der Waals surface area contributed by atoms with Gasteiger partial charge in [-0.15, -0.1) is 0 Å². The Morgan fingerprint density at radius 1 is 1.21 bits per heavy atom. The van der Waals surface area contributed by atoms with Crippen LogP contribution in [-0.4, -0.2) is 74.0 Å². The van der Waals surface area contributed by atoms with Crippen LogP contribution in [0.2, 0.25) is 0 Å². The smallest absolute Gasteiger partial charge is 0.227 e. The van der Waals surface area contributed by atoms with Gasteiger partial charge in [0.05, 0.1) is 0 Å². The lowest BCUT2D eigenvalue weighted by molar-refractivity contribution is -0.139. The molecule has 4 heteroatoms. The second-order valence-electron chi connectivity index (χ2n) is 6.46. The van der Waals surface area contributed by atoms with Gasteiger partial charge < -0.3 is 14.7 Å². The van der Waals surface area contributed by atoms with Crippen LogP contribution in [0.4, 0.5) is 0 Å². The Morgan fingerprint density at radius 2 is 1.79 bits per heavy atom. The van der Waals surface area contributed by atoms with E-state index in [1.54, 1.807) is 0 Å². The molecule has 0 atom stereocenters. The fraction of sp³-hybridized carbons (Fsp3) is 0.933. The summed E-state index contributed by atoms with van der Waals surface area (Å²) in [7, 11) is 4.11. The molecule has 1 aliphatic rings. The molecule has 1 rings (SSSR count). The highest BCUT2D eigenvalue weighted by molar-refractivity contribution is 5.81. The van der Waals surface area contributed by atoms with Gasteiger partial charge in [0, 0.05) is 45.2 Å². The van der Waals surface area contributed by atoms with Gasteiger partial charge in [-0.3, -0.25) is 4.79 Å². The van der Waals surface area contributed by atoms with Crippen LogP contribution < -0.4 is 0 Å². The molecule has 0 unspecified atom stereocenters. The molecule has 0 aromatic heterocycles. The van der Waals surface area contributed by atoms with Crippen LogP contribution in [0.5, 0.6) is 0 Å². The van der Waals surface area contributed by atoms with Gasteiger partial charge in [-0.25, -0.2) is 0 Å². The zero-order chi connectivity index (χ0) is 14.5. The minimum Gasteiger partial charge on any atom is -0.345 e. The molecule has 4 nitrogen and oxygen atoms in total. The summed E-state index contributed by atoms with van der Waals surface area (Å²) in [4.78, 5) is 19.0. The maximum Gasteiger partial charge on any atom is 0.227 e. The minimum absolute atomic E-state index is 0.220. The van der Waals surface area contributed by atoms with Crippen molar-refractivity contribution in [1.29, 1.82) is 0 Å². The van der Waals surface area contributed by atoms with Gasteiger partial charge in [0.15, 0.2) is 0 Å². The van der Waals surface area contributed by atoms with Gasteiger partial charge in [-0.1, -0.05) is 20.8 Å². The molecule has 1 aliphatic heterocycles. The first-order valence-electron chi connectivity index (χ1n) is 7.53. The highest BCUT2D eigenvalue weighted by Gasteiger charge is 2.28. The zero-order valence-corrected chi connectivity index (χ0v) is 13.4. The number of rotatable bonds is 6. The third kappa shape index (κ3) is 5.11. The molecule has 1 amide bonds. The lowest BCUT2D eigenvalue weighted by Crippen LogP contribution is -2.45.